The number of halogens is 2. The van der Waals surface area contributed by atoms with Crippen molar-refractivity contribution in [2.24, 2.45) is 0 Å². The molecule has 1 aliphatic rings. The minimum atomic E-state index is -0.641. The minimum Gasteiger partial charge on any atom is -0.444 e. The van der Waals surface area contributed by atoms with Crippen LogP contribution in [0.5, 0.6) is 0 Å². The van der Waals surface area contributed by atoms with Crippen LogP contribution < -0.4 is 0 Å². The third-order valence-corrected chi connectivity index (χ3v) is 3.74. The van der Waals surface area contributed by atoms with Crippen molar-refractivity contribution in [2.45, 2.75) is 38.8 Å². The van der Waals surface area contributed by atoms with Crippen LogP contribution in [0.3, 0.4) is 0 Å². The van der Waals surface area contributed by atoms with Crippen molar-refractivity contribution in [1.82, 2.24) is 4.90 Å². The van der Waals surface area contributed by atoms with Crippen LogP contribution in [0.15, 0.2) is 22.7 Å². The molecule has 0 spiro atoms. The van der Waals surface area contributed by atoms with Gasteiger partial charge in [0.1, 0.15) is 11.4 Å². The lowest BCUT2D eigenvalue weighted by molar-refractivity contribution is -0.117. The van der Waals surface area contributed by atoms with E-state index in [-0.39, 0.29) is 18.7 Å². The Morgan fingerprint density at radius 3 is 2.67 bits per heavy atom. The highest BCUT2D eigenvalue weighted by Gasteiger charge is 2.37. The second-order valence-corrected chi connectivity index (χ2v) is 6.89. The van der Waals surface area contributed by atoms with Gasteiger partial charge in [-0.05, 0) is 54.4 Å². The Morgan fingerprint density at radius 2 is 2.10 bits per heavy atom. The van der Waals surface area contributed by atoms with Crippen LogP contribution in [0.25, 0.3) is 0 Å². The number of amides is 1. The van der Waals surface area contributed by atoms with Crippen molar-refractivity contribution in [3.8, 4) is 0 Å². The van der Waals surface area contributed by atoms with Crippen LogP contribution >= 0.6 is 15.9 Å². The van der Waals surface area contributed by atoms with Gasteiger partial charge in [-0.15, -0.1) is 0 Å². The summed E-state index contributed by atoms with van der Waals surface area (Å²) in [5, 5.41) is 0. The van der Waals surface area contributed by atoms with Gasteiger partial charge < -0.3 is 4.74 Å². The topological polar surface area (TPSA) is 46.6 Å². The van der Waals surface area contributed by atoms with E-state index in [1.807, 2.05) is 0 Å². The molecule has 0 radical (unpaired) electrons. The molecule has 114 valence electrons. The van der Waals surface area contributed by atoms with Gasteiger partial charge in [0.2, 0.25) is 0 Å². The van der Waals surface area contributed by atoms with Crippen molar-refractivity contribution in [3.05, 3.63) is 34.1 Å². The lowest BCUT2D eigenvalue weighted by Crippen LogP contribution is -2.36. The summed E-state index contributed by atoms with van der Waals surface area (Å²) in [5.41, 5.74) is -0.0504. The molecule has 21 heavy (non-hydrogen) atoms. The molecule has 1 aliphatic heterocycles. The molecular formula is C15H17BrFNO3. The molecule has 1 amide bonds. The van der Waals surface area contributed by atoms with Crippen LogP contribution in [0.1, 0.15) is 38.8 Å². The molecule has 0 aromatic heterocycles. The average molecular weight is 358 g/mol. The summed E-state index contributed by atoms with van der Waals surface area (Å²) in [6, 6.07) is 4.13. The molecule has 1 heterocycles. The fourth-order valence-electron chi connectivity index (χ4n) is 2.22. The SMILES string of the molecule is CC(C)(C)OC(=O)N1CC(=O)CC1c1ccc(Br)c(F)c1. The predicted octanol–water partition coefficient (Wildman–Crippen LogP) is 3.84. The maximum absolute atomic E-state index is 13.7. The van der Waals surface area contributed by atoms with Crippen molar-refractivity contribution in [3.63, 3.8) is 0 Å². The molecule has 1 unspecified atom stereocenters. The van der Waals surface area contributed by atoms with E-state index in [0.29, 0.717) is 10.0 Å². The van der Waals surface area contributed by atoms with Crippen molar-refractivity contribution >= 4 is 27.8 Å². The van der Waals surface area contributed by atoms with Crippen LogP contribution in [0.4, 0.5) is 9.18 Å². The van der Waals surface area contributed by atoms with Crippen molar-refractivity contribution < 1.29 is 18.7 Å². The highest BCUT2D eigenvalue weighted by molar-refractivity contribution is 9.10. The third kappa shape index (κ3) is 3.81. The predicted molar refractivity (Wildman–Crippen MR) is 79.4 cm³/mol. The first-order chi connectivity index (χ1) is 9.67. The normalized spacial score (nSPS) is 19.0. The number of hydrogen-bond acceptors (Lipinski definition) is 3. The number of nitrogens with zero attached hydrogens (tertiary/aromatic N) is 1. The summed E-state index contributed by atoms with van der Waals surface area (Å²) in [6.07, 6.45) is -0.373. The molecule has 1 aromatic rings. The second-order valence-electron chi connectivity index (χ2n) is 6.04. The third-order valence-electron chi connectivity index (χ3n) is 3.10. The molecule has 0 aliphatic carbocycles. The van der Waals surface area contributed by atoms with Gasteiger partial charge in [-0.2, -0.15) is 0 Å². The summed E-state index contributed by atoms with van der Waals surface area (Å²) in [5.74, 6) is -0.481. The quantitative estimate of drug-likeness (QED) is 0.766. The second kappa shape index (κ2) is 5.75. The van der Waals surface area contributed by atoms with Gasteiger partial charge in [-0.25, -0.2) is 9.18 Å². The molecule has 0 saturated carbocycles. The van der Waals surface area contributed by atoms with Crippen LogP contribution in [-0.2, 0) is 9.53 Å². The van der Waals surface area contributed by atoms with E-state index in [9.17, 15) is 14.0 Å². The Bertz CT molecular complexity index is 583. The van der Waals surface area contributed by atoms with Crippen LogP contribution in [0.2, 0.25) is 0 Å². The molecule has 1 aromatic carbocycles. The number of benzene rings is 1. The molecule has 1 atom stereocenters. The zero-order chi connectivity index (χ0) is 15.8. The average Bonchev–Trinajstić information content (AvgIpc) is 2.73. The van der Waals surface area contributed by atoms with E-state index in [1.165, 1.54) is 11.0 Å². The fraction of sp³-hybridized carbons (Fsp3) is 0.467. The Morgan fingerprint density at radius 1 is 1.43 bits per heavy atom. The van der Waals surface area contributed by atoms with Gasteiger partial charge in [0.25, 0.3) is 0 Å². The molecule has 1 saturated heterocycles. The van der Waals surface area contributed by atoms with E-state index >= 15 is 0 Å². The Kier molecular flexibility index (Phi) is 4.37. The number of ketones is 1. The van der Waals surface area contributed by atoms with E-state index in [4.69, 9.17) is 4.74 Å². The van der Waals surface area contributed by atoms with Gasteiger partial charge >= 0.3 is 6.09 Å². The van der Waals surface area contributed by atoms with E-state index in [1.54, 1.807) is 32.9 Å². The minimum absolute atomic E-state index is 0.00272. The highest BCUT2D eigenvalue weighted by Crippen LogP contribution is 2.33. The monoisotopic (exact) mass is 357 g/mol. The summed E-state index contributed by atoms with van der Waals surface area (Å²) < 4.78 is 19.3. The fourth-order valence-corrected chi connectivity index (χ4v) is 2.47. The van der Waals surface area contributed by atoms with Gasteiger partial charge in [-0.1, -0.05) is 6.07 Å². The van der Waals surface area contributed by atoms with Crippen molar-refractivity contribution in [2.75, 3.05) is 6.54 Å². The Balaban J connectivity index is 2.26. The summed E-state index contributed by atoms with van der Waals surface area (Å²) in [7, 11) is 0. The lowest BCUT2D eigenvalue weighted by atomic mass is 10.0. The number of hydrogen-bond donors (Lipinski definition) is 0. The van der Waals surface area contributed by atoms with E-state index in [2.05, 4.69) is 15.9 Å². The largest absolute Gasteiger partial charge is 0.444 e. The maximum atomic E-state index is 13.7. The zero-order valence-electron chi connectivity index (χ0n) is 12.2. The standard InChI is InChI=1S/C15H17BrFNO3/c1-15(2,3)21-14(20)18-8-10(19)7-13(18)9-4-5-11(16)12(17)6-9/h4-6,13H,7-8H2,1-3H3. The van der Waals surface area contributed by atoms with Gasteiger partial charge in [0.15, 0.2) is 5.78 Å². The number of likely N-dealkylation sites (tertiary alicyclic amines) is 1. The first-order valence-electron chi connectivity index (χ1n) is 6.63. The molecule has 0 bridgehead atoms. The van der Waals surface area contributed by atoms with Gasteiger partial charge in [-0.3, -0.25) is 9.69 Å². The number of carbonyl (C=O) groups is 2. The Hall–Kier alpha value is -1.43. The summed E-state index contributed by atoms with van der Waals surface area (Å²) in [4.78, 5) is 25.3. The number of rotatable bonds is 1. The highest BCUT2D eigenvalue weighted by atomic mass is 79.9. The molecule has 4 nitrogen and oxygen atoms in total. The molecule has 2 rings (SSSR count). The molecule has 1 fully saturated rings. The smallest absolute Gasteiger partial charge is 0.411 e. The lowest BCUT2D eigenvalue weighted by Gasteiger charge is -2.28. The van der Waals surface area contributed by atoms with Gasteiger partial charge in [0, 0.05) is 6.42 Å². The first-order valence-corrected chi connectivity index (χ1v) is 7.43. The summed E-state index contributed by atoms with van der Waals surface area (Å²) in [6.45, 7) is 5.28. The first kappa shape index (κ1) is 15.9. The Labute approximate surface area is 131 Å². The van der Waals surface area contributed by atoms with Crippen LogP contribution in [-0.4, -0.2) is 28.9 Å². The molecule has 6 heteroatoms. The number of carbonyl (C=O) groups excluding carboxylic acids is 2. The van der Waals surface area contributed by atoms with Gasteiger partial charge in [0.05, 0.1) is 17.1 Å². The number of ether oxygens (including phenoxy) is 1. The summed E-state index contributed by atoms with van der Waals surface area (Å²) >= 11 is 3.09. The van der Waals surface area contributed by atoms with E-state index in [0.717, 1.165) is 0 Å². The van der Waals surface area contributed by atoms with Crippen LogP contribution in [0, 0.1) is 5.82 Å². The zero-order valence-corrected chi connectivity index (χ0v) is 13.7. The van der Waals surface area contributed by atoms with Crippen molar-refractivity contribution in [1.29, 1.82) is 0 Å². The maximum Gasteiger partial charge on any atom is 0.411 e. The molecule has 0 N–H and O–H groups in total. The number of Topliss-reactive ketones (excluding diaryl/α,β-unsaturated/α-hetero) is 1. The van der Waals surface area contributed by atoms with E-state index < -0.39 is 23.6 Å². The molecular weight excluding hydrogens is 341 g/mol.